The van der Waals surface area contributed by atoms with Gasteiger partial charge in [0.25, 0.3) is 0 Å². The lowest BCUT2D eigenvalue weighted by Gasteiger charge is -2.06. The zero-order valence-electron chi connectivity index (χ0n) is 10.4. The van der Waals surface area contributed by atoms with E-state index in [0.717, 1.165) is 23.0 Å². The van der Waals surface area contributed by atoms with E-state index in [9.17, 15) is 0 Å². The summed E-state index contributed by atoms with van der Waals surface area (Å²) in [5.74, 6) is 3.15. The summed E-state index contributed by atoms with van der Waals surface area (Å²) in [5, 5.41) is 0. The van der Waals surface area contributed by atoms with Crippen molar-refractivity contribution >= 4 is 0 Å². The third-order valence-corrected chi connectivity index (χ3v) is 2.43. The zero-order valence-corrected chi connectivity index (χ0v) is 10.4. The highest BCUT2D eigenvalue weighted by Crippen LogP contribution is 2.19. The van der Waals surface area contributed by atoms with Gasteiger partial charge in [0, 0.05) is 0 Å². The molecule has 0 aliphatic rings. The molecule has 2 aromatic rings. The average molecular weight is 247 g/mol. The van der Waals surface area contributed by atoms with Gasteiger partial charge in [0.1, 0.15) is 29.6 Å². The predicted molar refractivity (Wildman–Crippen MR) is 68.5 cm³/mol. The van der Waals surface area contributed by atoms with Crippen molar-refractivity contribution in [2.45, 2.75) is 20.1 Å². The Bertz CT molecular complexity index is 476. The van der Waals surface area contributed by atoms with Gasteiger partial charge in [0.05, 0.1) is 13.2 Å². The second kappa shape index (κ2) is 6.12. The first kappa shape index (κ1) is 12.5. The Kier molecular flexibility index (Phi) is 4.25. The van der Waals surface area contributed by atoms with Gasteiger partial charge in [-0.2, -0.15) is 0 Å². The normalized spacial score (nSPS) is 10.3. The smallest absolute Gasteiger partial charge is 0.146 e. The molecule has 96 valence electrons. The number of ether oxygens (including phenoxy) is 2. The van der Waals surface area contributed by atoms with Crippen LogP contribution in [0.25, 0.3) is 0 Å². The summed E-state index contributed by atoms with van der Waals surface area (Å²) in [7, 11) is 0. The van der Waals surface area contributed by atoms with Crippen LogP contribution in [0, 0.1) is 0 Å². The maximum absolute atomic E-state index is 5.59. The molecule has 4 nitrogen and oxygen atoms in total. The van der Waals surface area contributed by atoms with Crippen LogP contribution in [-0.2, 0) is 13.2 Å². The van der Waals surface area contributed by atoms with E-state index >= 15 is 0 Å². The maximum atomic E-state index is 5.59. The highest BCUT2D eigenvalue weighted by Gasteiger charge is 2.02. The summed E-state index contributed by atoms with van der Waals surface area (Å²) in [6, 6.07) is 11.2. The van der Waals surface area contributed by atoms with Crippen LogP contribution < -0.4 is 15.2 Å². The third-order valence-electron chi connectivity index (χ3n) is 2.43. The molecule has 4 heteroatoms. The minimum atomic E-state index is 0.397. The predicted octanol–water partition coefficient (Wildman–Crippen LogP) is 2.72. The van der Waals surface area contributed by atoms with Crippen LogP contribution >= 0.6 is 0 Å². The SMILES string of the molecule is CCOc1ccc(OCc2ccc(CN)o2)cc1. The van der Waals surface area contributed by atoms with Crippen LogP contribution in [0.1, 0.15) is 18.4 Å². The van der Waals surface area contributed by atoms with Crippen molar-refractivity contribution in [3.05, 3.63) is 47.9 Å². The van der Waals surface area contributed by atoms with Gasteiger partial charge in [-0.25, -0.2) is 0 Å². The Morgan fingerprint density at radius 1 is 0.944 bits per heavy atom. The summed E-state index contributed by atoms with van der Waals surface area (Å²) >= 11 is 0. The second-order valence-corrected chi connectivity index (χ2v) is 3.77. The molecule has 1 aromatic carbocycles. The summed E-state index contributed by atoms with van der Waals surface area (Å²) in [4.78, 5) is 0. The van der Waals surface area contributed by atoms with Gasteiger partial charge in [-0.15, -0.1) is 0 Å². The molecule has 1 aromatic heterocycles. The molecule has 2 N–H and O–H groups in total. The number of rotatable bonds is 6. The zero-order chi connectivity index (χ0) is 12.8. The van der Waals surface area contributed by atoms with E-state index in [1.54, 1.807) is 0 Å². The summed E-state index contributed by atoms with van der Waals surface area (Å²) in [5.41, 5.74) is 5.47. The fourth-order valence-corrected chi connectivity index (χ4v) is 1.56. The van der Waals surface area contributed by atoms with Gasteiger partial charge >= 0.3 is 0 Å². The number of benzene rings is 1. The van der Waals surface area contributed by atoms with Crippen molar-refractivity contribution in [1.82, 2.24) is 0 Å². The topological polar surface area (TPSA) is 57.6 Å². The summed E-state index contributed by atoms with van der Waals surface area (Å²) in [6.45, 7) is 3.42. The maximum Gasteiger partial charge on any atom is 0.146 e. The van der Waals surface area contributed by atoms with E-state index in [1.807, 2.05) is 43.3 Å². The largest absolute Gasteiger partial charge is 0.494 e. The molecule has 0 saturated heterocycles. The lowest BCUT2D eigenvalue weighted by atomic mass is 10.3. The Morgan fingerprint density at radius 2 is 1.56 bits per heavy atom. The average Bonchev–Trinajstić information content (AvgIpc) is 2.86. The van der Waals surface area contributed by atoms with E-state index in [4.69, 9.17) is 19.6 Å². The van der Waals surface area contributed by atoms with E-state index < -0.39 is 0 Å². The summed E-state index contributed by atoms with van der Waals surface area (Å²) < 4.78 is 16.4. The molecule has 0 atom stereocenters. The Balaban J connectivity index is 1.89. The number of hydrogen-bond donors (Lipinski definition) is 1. The summed E-state index contributed by atoms with van der Waals surface area (Å²) in [6.07, 6.45) is 0. The molecule has 18 heavy (non-hydrogen) atoms. The lowest BCUT2D eigenvalue weighted by molar-refractivity contribution is 0.265. The van der Waals surface area contributed by atoms with Crippen LogP contribution in [0.5, 0.6) is 11.5 Å². The van der Waals surface area contributed by atoms with Gasteiger partial charge in [0.15, 0.2) is 0 Å². The molecular formula is C14H17NO3. The van der Waals surface area contributed by atoms with E-state index in [2.05, 4.69) is 0 Å². The Labute approximate surface area is 106 Å². The van der Waals surface area contributed by atoms with Crippen LogP contribution in [0.2, 0.25) is 0 Å². The quantitative estimate of drug-likeness (QED) is 0.852. The fourth-order valence-electron chi connectivity index (χ4n) is 1.56. The lowest BCUT2D eigenvalue weighted by Crippen LogP contribution is -1.95. The molecule has 0 fully saturated rings. The van der Waals surface area contributed by atoms with E-state index in [1.165, 1.54) is 0 Å². The number of furan rings is 1. The monoisotopic (exact) mass is 247 g/mol. The first-order valence-corrected chi connectivity index (χ1v) is 5.95. The molecular weight excluding hydrogens is 230 g/mol. The first-order chi connectivity index (χ1) is 8.81. The van der Waals surface area contributed by atoms with Crippen molar-refractivity contribution < 1.29 is 13.9 Å². The minimum absolute atomic E-state index is 0.397. The van der Waals surface area contributed by atoms with Gasteiger partial charge < -0.3 is 19.6 Å². The molecule has 0 radical (unpaired) electrons. The van der Waals surface area contributed by atoms with Crippen molar-refractivity contribution in [2.24, 2.45) is 5.73 Å². The van der Waals surface area contributed by atoms with Crippen LogP contribution in [0.4, 0.5) is 0 Å². The van der Waals surface area contributed by atoms with E-state index in [0.29, 0.717) is 19.8 Å². The standard InChI is InChI=1S/C14H17NO3/c1-2-16-11-3-5-12(6-4-11)17-10-14-8-7-13(9-15)18-14/h3-8H,2,9-10,15H2,1H3. The molecule has 0 saturated carbocycles. The first-order valence-electron chi connectivity index (χ1n) is 5.95. The molecule has 0 unspecified atom stereocenters. The number of hydrogen-bond acceptors (Lipinski definition) is 4. The molecule has 0 aliphatic heterocycles. The van der Waals surface area contributed by atoms with Crippen molar-refractivity contribution in [2.75, 3.05) is 6.61 Å². The van der Waals surface area contributed by atoms with Crippen molar-refractivity contribution in [1.29, 1.82) is 0 Å². The van der Waals surface area contributed by atoms with Gasteiger partial charge in [-0.1, -0.05) is 0 Å². The molecule has 0 aliphatic carbocycles. The van der Waals surface area contributed by atoms with Crippen LogP contribution in [-0.4, -0.2) is 6.61 Å². The second-order valence-electron chi connectivity index (χ2n) is 3.77. The molecule has 0 spiro atoms. The number of nitrogens with two attached hydrogens (primary N) is 1. The molecule has 1 heterocycles. The fraction of sp³-hybridized carbons (Fsp3) is 0.286. The highest BCUT2D eigenvalue weighted by molar-refractivity contribution is 5.31. The molecule has 0 amide bonds. The van der Waals surface area contributed by atoms with Crippen LogP contribution in [0.15, 0.2) is 40.8 Å². The van der Waals surface area contributed by atoms with Gasteiger partial charge in [-0.05, 0) is 43.3 Å². The van der Waals surface area contributed by atoms with Crippen molar-refractivity contribution in [3.8, 4) is 11.5 Å². The third kappa shape index (κ3) is 3.28. The highest BCUT2D eigenvalue weighted by atomic mass is 16.5. The Morgan fingerprint density at radius 3 is 2.11 bits per heavy atom. The van der Waals surface area contributed by atoms with E-state index in [-0.39, 0.29) is 0 Å². The molecule has 2 rings (SSSR count). The molecule has 0 bridgehead atoms. The van der Waals surface area contributed by atoms with Gasteiger partial charge in [0.2, 0.25) is 0 Å². The van der Waals surface area contributed by atoms with Crippen molar-refractivity contribution in [3.63, 3.8) is 0 Å². The van der Waals surface area contributed by atoms with Gasteiger partial charge in [-0.3, -0.25) is 0 Å². The minimum Gasteiger partial charge on any atom is -0.494 e. The van der Waals surface area contributed by atoms with Crippen LogP contribution in [0.3, 0.4) is 0 Å². The Hall–Kier alpha value is -1.94.